The zero-order valence-corrected chi connectivity index (χ0v) is 41.3. The molecule has 13 rings (SSSR count). The van der Waals surface area contributed by atoms with Crippen LogP contribution in [0.15, 0.2) is 309 Å². The van der Waals surface area contributed by atoms with Gasteiger partial charge in [0.15, 0.2) is 0 Å². The summed E-state index contributed by atoms with van der Waals surface area (Å²) in [6, 6.07) is 112. The number of nitrogens with zero attached hydrogens (tertiary/aromatic N) is 3. The van der Waals surface area contributed by atoms with Crippen molar-refractivity contribution in [1.82, 2.24) is 4.57 Å². The summed E-state index contributed by atoms with van der Waals surface area (Å²) in [7, 11) is 0. The van der Waals surface area contributed by atoms with Gasteiger partial charge < -0.3 is 14.4 Å². The van der Waals surface area contributed by atoms with Crippen LogP contribution in [0, 0.1) is 0 Å². The Balaban J connectivity index is 0.965. The zero-order chi connectivity index (χ0) is 49.9. The van der Waals surface area contributed by atoms with Crippen LogP contribution >= 0.6 is 0 Å². The van der Waals surface area contributed by atoms with Crippen LogP contribution in [0.2, 0.25) is 0 Å². The van der Waals surface area contributed by atoms with E-state index in [1.54, 1.807) is 0 Å². The lowest BCUT2D eigenvalue weighted by molar-refractivity contribution is 1.14. The van der Waals surface area contributed by atoms with Crippen LogP contribution in [0.3, 0.4) is 0 Å². The highest BCUT2D eigenvalue weighted by Crippen LogP contribution is 2.48. The molecule has 0 amide bonds. The molecule has 0 bridgehead atoms. The van der Waals surface area contributed by atoms with Gasteiger partial charge in [0.2, 0.25) is 0 Å². The van der Waals surface area contributed by atoms with Crippen molar-refractivity contribution in [3.05, 3.63) is 309 Å². The Morgan fingerprint density at radius 3 is 1.00 bits per heavy atom. The third kappa shape index (κ3) is 8.63. The monoisotopic (exact) mass is 957 g/mol. The molecular formula is C72H51N3. The fourth-order valence-corrected chi connectivity index (χ4v) is 10.9. The van der Waals surface area contributed by atoms with Crippen molar-refractivity contribution in [2.45, 2.75) is 0 Å². The molecule has 75 heavy (non-hydrogen) atoms. The molecule has 13 aromatic rings. The highest BCUT2D eigenvalue weighted by molar-refractivity contribution is 6.20. The first-order valence-electron chi connectivity index (χ1n) is 25.7. The highest BCUT2D eigenvalue weighted by Gasteiger charge is 2.25. The fraction of sp³-hybridized carbons (Fsp3) is 0. The Kier molecular flexibility index (Phi) is 11.9. The van der Waals surface area contributed by atoms with Crippen molar-refractivity contribution >= 4 is 55.8 Å². The molecule has 0 saturated heterocycles. The molecule has 0 spiro atoms. The minimum atomic E-state index is 1.06. The van der Waals surface area contributed by atoms with Gasteiger partial charge in [0.1, 0.15) is 0 Å². The van der Waals surface area contributed by atoms with Crippen LogP contribution in [-0.2, 0) is 0 Å². The molecule has 354 valence electrons. The average molecular weight is 958 g/mol. The Hall–Kier alpha value is -9.96. The van der Waals surface area contributed by atoms with Crippen molar-refractivity contribution in [3.63, 3.8) is 0 Å². The van der Waals surface area contributed by atoms with E-state index in [2.05, 4.69) is 324 Å². The summed E-state index contributed by atoms with van der Waals surface area (Å²) < 4.78 is 2.50. The second kappa shape index (κ2) is 19.9. The minimum Gasteiger partial charge on any atom is -0.311 e. The van der Waals surface area contributed by atoms with Crippen molar-refractivity contribution in [2.24, 2.45) is 0 Å². The van der Waals surface area contributed by atoms with Gasteiger partial charge in [-0.25, -0.2) is 0 Å². The van der Waals surface area contributed by atoms with Crippen molar-refractivity contribution < 1.29 is 0 Å². The number of aromatic nitrogens is 1. The molecule has 0 aliphatic carbocycles. The van der Waals surface area contributed by atoms with Gasteiger partial charge in [-0.15, -0.1) is 0 Å². The number of hydrogen-bond donors (Lipinski definition) is 0. The van der Waals surface area contributed by atoms with E-state index in [-0.39, 0.29) is 0 Å². The quantitative estimate of drug-likeness (QED) is 0.121. The lowest BCUT2D eigenvalue weighted by atomic mass is 9.92. The maximum absolute atomic E-state index is 2.50. The molecule has 0 fully saturated rings. The van der Waals surface area contributed by atoms with Gasteiger partial charge in [0.05, 0.1) is 11.2 Å². The summed E-state index contributed by atoms with van der Waals surface area (Å²) in [5, 5.41) is 3.59. The number of benzene rings is 12. The Labute approximate surface area is 438 Å². The summed E-state index contributed by atoms with van der Waals surface area (Å²) in [6.45, 7) is 0. The molecule has 0 radical (unpaired) electrons. The maximum Gasteiger partial charge on any atom is 0.0620 e. The molecule has 0 aliphatic heterocycles. The van der Waals surface area contributed by atoms with Gasteiger partial charge in [-0.3, -0.25) is 0 Å². The normalized spacial score (nSPS) is 11.2. The summed E-state index contributed by atoms with van der Waals surface area (Å²) in [6.07, 6.45) is 0. The van der Waals surface area contributed by atoms with Gasteiger partial charge in [0.25, 0.3) is 0 Å². The van der Waals surface area contributed by atoms with E-state index >= 15 is 0 Å². The number of rotatable bonds is 12. The van der Waals surface area contributed by atoms with E-state index < -0.39 is 0 Å². The Morgan fingerprint density at radius 1 is 0.227 bits per heavy atom. The first-order chi connectivity index (χ1) is 37.2. The average Bonchev–Trinajstić information content (AvgIpc) is 3.89. The van der Waals surface area contributed by atoms with Gasteiger partial charge >= 0.3 is 0 Å². The lowest BCUT2D eigenvalue weighted by Gasteiger charge is -2.28. The van der Waals surface area contributed by atoms with Crippen LogP contribution in [0.25, 0.3) is 83.1 Å². The predicted molar refractivity (Wildman–Crippen MR) is 317 cm³/mol. The number of fused-ring (bicyclic) bond motifs is 3. The van der Waals surface area contributed by atoms with Crippen molar-refractivity contribution in [3.8, 4) is 61.5 Å². The Bertz CT molecular complexity index is 3990. The van der Waals surface area contributed by atoms with E-state index in [9.17, 15) is 0 Å². The number of anilines is 6. The first-order valence-corrected chi connectivity index (χ1v) is 25.7. The summed E-state index contributed by atoms with van der Waals surface area (Å²) >= 11 is 0. The predicted octanol–water partition coefficient (Wildman–Crippen LogP) is 20.1. The number of hydrogen-bond acceptors (Lipinski definition) is 2. The van der Waals surface area contributed by atoms with Crippen molar-refractivity contribution in [1.29, 1.82) is 0 Å². The summed E-state index contributed by atoms with van der Waals surface area (Å²) in [5.74, 6) is 0. The second-order valence-electron chi connectivity index (χ2n) is 18.9. The smallest absolute Gasteiger partial charge is 0.0620 e. The molecule has 0 atom stereocenters. The van der Waals surface area contributed by atoms with E-state index in [1.165, 1.54) is 60.6 Å². The van der Waals surface area contributed by atoms with Crippen molar-refractivity contribution in [2.75, 3.05) is 9.80 Å². The van der Waals surface area contributed by atoms with E-state index in [0.29, 0.717) is 0 Å². The molecule has 0 N–H and O–H groups in total. The third-order valence-electron chi connectivity index (χ3n) is 14.4. The zero-order valence-electron chi connectivity index (χ0n) is 41.3. The third-order valence-corrected chi connectivity index (χ3v) is 14.4. The van der Waals surface area contributed by atoms with Crippen LogP contribution in [0.1, 0.15) is 0 Å². The van der Waals surface area contributed by atoms with Gasteiger partial charge in [-0.05, 0) is 141 Å². The van der Waals surface area contributed by atoms with Crippen LogP contribution in [-0.4, -0.2) is 4.57 Å². The van der Waals surface area contributed by atoms with Crippen LogP contribution in [0.5, 0.6) is 0 Å². The molecular weight excluding hydrogens is 907 g/mol. The van der Waals surface area contributed by atoms with E-state index in [4.69, 9.17) is 0 Å². The molecule has 0 aliphatic rings. The minimum absolute atomic E-state index is 1.06. The SMILES string of the molecule is c1ccc(-c2ccc(N(c3ccc(-c4cc5c(-c6ccccc6)c(-c6ccccc6)n(-c6ccc(-c7ccccc7)cc6)c5c5ccccc45)cc3)c3ccc(N(c4ccccc4)c4ccccc4)cc3)cc2)cc1. The molecule has 1 aromatic heterocycles. The van der Waals surface area contributed by atoms with E-state index in [1.807, 2.05) is 0 Å². The van der Waals surface area contributed by atoms with Gasteiger partial charge in [-0.1, -0.05) is 218 Å². The lowest BCUT2D eigenvalue weighted by Crippen LogP contribution is -2.12. The second-order valence-corrected chi connectivity index (χ2v) is 18.9. The summed E-state index contributed by atoms with van der Waals surface area (Å²) in [4.78, 5) is 4.67. The molecule has 0 saturated carbocycles. The maximum atomic E-state index is 2.50. The first kappa shape index (κ1) is 44.9. The molecule has 3 nitrogen and oxygen atoms in total. The topological polar surface area (TPSA) is 11.4 Å². The number of para-hydroxylation sites is 2. The molecule has 1 heterocycles. The van der Waals surface area contributed by atoms with E-state index in [0.717, 1.165) is 56.6 Å². The van der Waals surface area contributed by atoms with Gasteiger partial charge in [-0.2, -0.15) is 0 Å². The van der Waals surface area contributed by atoms with Gasteiger partial charge in [0, 0.05) is 56.1 Å². The highest BCUT2D eigenvalue weighted by atomic mass is 15.2. The standard InChI is InChI=1S/C72H51N3/c1-7-21-52(22-8-1)54-35-41-61(42-36-54)74(64-49-47-63(48-50-64)73(59-29-15-5-16-30-59)60-31-17-6-18-32-60)62-45-39-56(40-46-62)68-51-69-70(57-25-11-3-12-26-57)71(58-27-13-4-14-28-58)75(72(69)67-34-20-19-33-66(67)68)65-43-37-55(38-44-65)53-23-9-2-10-24-53/h1-51H. The largest absolute Gasteiger partial charge is 0.311 e. The van der Waals surface area contributed by atoms with Crippen LogP contribution in [0.4, 0.5) is 34.1 Å². The molecule has 12 aromatic carbocycles. The Morgan fingerprint density at radius 2 is 0.547 bits per heavy atom. The summed E-state index contributed by atoms with van der Waals surface area (Å²) in [5.41, 5.74) is 20.6. The molecule has 0 unspecified atom stereocenters. The van der Waals surface area contributed by atoms with Crippen LogP contribution < -0.4 is 9.80 Å². The molecule has 3 heteroatoms. The fourth-order valence-electron chi connectivity index (χ4n) is 10.9.